The minimum absolute atomic E-state index is 0.248. The molecule has 4 heteroatoms. The topological polar surface area (TPSA) is 42.7 Å². The number of hydrogen-bond acceptors (Lipinski definition) is 3. The molecule has 108 valence electrons. The Hall–Kier alpha value is -2.20. The van der Waals surface area contributed by atoms with Gasteiger partial charge in [-0.3, -0.25) is 9.67 Å². The van der Waals surface area contributed by atoms with Gasteiger partial charge in [-0.15, -0.1) is 0 Å². The Bertz CT molecular complexity index is 727. The van der Waals surface area contributed by atoms with Gasteiger partial charge in [0.15, 0.2) is 0 Å². The number of rotatable bonds is 5. The lowest BCUT2D eigenvalue weighted by Gasteiger charge is -2.19. The predicted octanol–water partition coefficient (Wildman–Crippen LogP) is 2.86. The van der Waals surface area contributed by atoms with Crippen LogP contribution in [0.4, 0.5) is 0 Å². The summed E-state index contributed by atoms with van der Waals surface area (Å²) in [6, 6.07) is 10.7. The third kappa shape index (κ3) is 2.95. The number of nitrogens with one attached hydrogen (secondary N) is 1. The summed E-state index contributed by atoms with van der Waals surface area (Å²) in [6.45, 7) is 3.06. The van der Waals surface area contributed by atoms with Gasteiger partial charge in [-0.1, -0.05) is 31.2 Å². The van der Waals surface area contributed by atoms with Crippen molar-refractivity contribution in [3.05, 3.63) is 60.0 Å². The van der Waals surface area contributed by atoms with Crippen molar-refractivity contribution in [2.75, 3.05) is 6.54 Å². The summed E-state index contributed by atoms with van der Waals surface area (Å²) in [7, 11) is 1.95. The maximum Gasteiger partial charge on any atom is 0.0749 e. The van der Waals surface area contributed by atoms with E-state index < -0.39 is 0 Å². The molecule has 1 unspecified atom stereocenters. The van der Waals surface area contributed by atoms with E-state index in [1.54, 1.807) is 0 Å². The van der Waals surface area contributed by atoms with Crippen molar-refractivity contribution >= 4 is 10.9 Å². The molecule has 0 amide bonds. The van der Waals surface area contributed by atoms with E-state index in [-0.39, 0.29) is 6.04 Å². The van der Waals surface area contributed by atoms with Gasteiger partial charge in [-0.25, -0.2) is 0 Å². The van der Waals surface area contributed by atoms with E-state index in [2.05, 4.69) is 52.8 Å². The second-order valence-corrected chi connectivity index (χ2v) is 5.26. The van der Waals surface area contributed by atoms with Crippen molar-refractivity contribution < 1.29 is 0 Å². The molecule has 1 aromatic carbocycles. The van der Waals surface area contributed by atoms with Crippen LogP contribution in [0.5, 0.6) is 0 Å². The number of likely N-dealkylation sites (N-methyl/N-ethyl adjacent to an activating group) is 1. The van der Waals surface area contributed by atoms with Crippen molar-refractivity contribution in [1.29, 1.82) is 0 Å². The van der Waals surface area contributed by atoms with Gasteiger partial charge in [0.05, 0.1) is 11.7 Å². The predicted molar refractivity (Wildman–Crippen MR) is 85.1 cm³/mol. The Balaban J connectivity index is 1.98. The molecule has 0 spiro atoms. The minimum Gasteiger partial charge on any atom is -0.310 e. The average Bonchev–Trinajstić information content (AvgIpc) is 2.91. The highest BCUT2D eigenvalue weighted by molar-refractivity contribution is 5.82. The maximum absolute atomic E-state index is 4.57. The first-order valence-electron chi connectivity index (χ1n) is 7.32. The van der Waals surface area contributed by atoms with E-state index in [1.165, 1.54) is 16.5 Å². The summed E-state index contributed by atoms with van der Waals surface area (Å²) in [5.41, 5.74) is 3.56. The molecule has 0 fully saturated rings. The van der Waals surface area contributed by atoms with Crippen LogP contribution in [0.3, 0.4) is 0 Å². The Morgan fingerprint density at radius 1 is 1.24 bits per heavy atom. The highest BCUT2D eigenvalue weighted by Gasteiger charge is 2.15. The normalized spacial score (nSPS) is 12.7. The van der Waals surface area contributed by atoms with Crippen LogP contribution in [0, 0.1) is 0 Å². The van der Waals surface area contributed by atoms with Gasteiger partial charge in [0.25, 0.3) is 0 Å². The SMILES string of the molecule is CCNC(Cc1cnn(C)c1)c1cccc2cccnc12. The molecule has 0 aliphatic carbocycles. The van der Waals surface area contributed by atoms with Crippen molar-refractivity contribution in [1.82, 2.24) is 20.1 Å². The lowest BCUT2D eigenvalue weighted by atomic mass is 9.98. The Morgan fingerprint density at radius 3 is 2.86 bits per heavy atom. The van der Waals surface area contributed by atoms with Crippen LogP contribution in [0.25, 0.3) is 10.9 Å². The molecule has 0 aliphatic rings. The molecule has 2 aromatic heterocycles. The van der Waals surface area contributed by atoms with E-state index in [0.717, 1.165) is 18.5 Å². The molecular weight excluding hydrogens is 260 g/mol. The van der Waals surface area contributed by atoms with Gasteiger partial charge in [0.2, 0.25) is 0 Å². The smallest absolute Gasteiger partial charge is 0.0749 e. The monoisotopic (exact) mass is 280 g/mol. The number of aromatic nitrogens is 3. The molecule has 0 aliphatic heterocycles. The van der Waals surface area contributed by atoms with Crippen molar-refractivity contribution in [3.63, 3.8) is 0 Å². The van der Waals surface area contributed by atoms with Gasteiger partial charge in [0.1, 0.15) is 0 Å². The van der Waals surface area contributed by atoms with Gasteiger partial charge in [-0.05, 0) is 30.2 Å². The number of hydrogen-bond donors (Lipinski definition) is 1. The summed E-state index contributed by atoms with van der Waals surface area (Å²) < 4.78 is 1.85. The number of aryl methyl sites for hydroxylation is 1. The molecule has 21 heavy (non-hydrogen) atoms. The number of para-hydroxylation sites is 1. The fourth-order valence-corrected chi connectivity index (χ4v) is 2.76. The number of fused-ring (bicyclic) bond motifs is 1. The van der Waals surface area contributed by atoms with E-state index >= 15 is 0 Å². The lowest BCUT2D eigenvalue weighted by molar-refractivity contribution is 0.552. The first-order valence-corrected chi connectivity index (χ1v) is 7.32. The summed E-state index contributed by atoms with van der Waals surface area (Å²) in [6.07, 6.45) is 6.78. The lowest BCUT2D eigenvalue weighted by Crippen LogP contribution is -2.23. The molecule has 1 atom stereocenters. The van der Waals surface area contributed by atoms with Gasteiger partial charge >= 0.3 is 0 Å². The summed E-state index contributed by atoms with van der Waals surface area (Å²) in [5.74, 6) is 0. The molecule has 3 aromatic rings. The highest BCUT2D eigenvalue weighted by atomic mass is 15.2. The molecule has 0 saturated carbocycles. The third-order valence-corrected chi connectivity index (χ3v) is 3.69. The van der Waals surface area contributed by atoms with Crippen molar-refractivity contribution in [3.8, 4) is 0 Å². The summed E-state index contributed by atoms with van der Waals surface area (Å²) in [4.78, 5) is 4.57. The summed E-state index contributed by atoms with van der Waals surface area (Å²) >= 11 is 0. The van der Waals surface area contributed by atoms with Crippen LogP contribution < -0.4 is 5.32 Å². The fraction of sp³-hybridized carbons (Fsp3) is 0.294. The summed E-state index contributed by atoms with van der Waals surface area (Å²) in [5, 5.41) is 9.02. The number of benzene rings is 1. The average molecular weight is 280 g/mol. The molecule has 0 bridgehead atoms. The van der Waals surface area contributed by atoms with Crippen LogP contribution in [-0.2, 0) is 13.5 Å². The second-order valence-electron chi connectivity index (χ2n) is 5.26. The Morgan fingerprint density at radius 2 is 2.10 bits per heavy atom. The molecule has 4 nitrogen and oxygen atoms in total. The fourth-order valence-electron chi connectivity index (χ4n) is 2.76. The quantitative estimate of drug-likeness (QED) is 0.781. The largest absolute Gasteiger partial charge is 0.310 e. The zero-order valence-electron chi connectivity index (χ0n) is 12.5. The van der Waals surface area contributed by atoms with Crippen molar-refractivity contribution in [2.24, 2.45) is 7.05 Å². The first-order chi connectivity index (χ1) is 10.3. The molecule has 1 N–H and O–H groups in total. The van der Waals surface area contributed by atoms with Crippen molar-refractivity contribution in [2.45, 2.75) is 19.4 Å². The third-order valence-electron chi connectivity index (χ3n) is 3.69. The van der Waals surface area contributed by atoms with Gasteiger partial charge in [0, 0.05) is 30.9 Å². The Labute approximate surface area is 124 Å². The van der Waals surface area contributed by atoms with E-state index in [9.17, 15) is 0 Å². The first kappa shape index (κ1) is 13.8. The molecule has 0 radical (unpaired) electrons. The van der Waals surface area contributed by atoms with Gasteiger partial charge in [-0.2, -0.15) is 5.10 Å². The standard InChI is InChI=1S/C17H20N4/c1-3-18-16(10-13-11-20-21(2)12-13)15-8-4-6-14-7-5-9-19-17(14)15/h4-9,11-12,16,18H,3,10H2,1-2H3. The zero-order valence-corrected chi connectivity index (χ0v) is 12.5. The van der Waals surface area contributed by atoms with E-state index in [0.29, 0.717) is 0 Å². The molecular formula is C17H20N4. The van der Waals surface area contributed by atoms with Crippen LogP contribution in [0.15, 0.2) is 48.9 Å². The van der Waals surface area contributed by atoms with Crippen LogP contribution in [0.1, 0.15) is 24.1 Å². The van der Waals surface area contributed by atoms with E-state index in [1.807, 2.05) is 30.2 Å². The maximum atomic E-state index is 4.57. The highest BCUT2D eigenvalue weighted by Crippen LogP contribution is 2.25. The van der Waals surface area contributed by atoms with E-state index in [4.69, 9.17) is 0 Å². The van der Waals surface area contributed by atoms with Crippen LogP contribution in [0.2, 0.25) is 0 Å². The molecule has 3 rings (SSSR count). The molecule has 2 heterocycles. The minimum atomic E-state index is 0.248. The number of nitrogens with zero attached hydrogens (tertiary/aromatic N) is 3. The number of pyridine rings is 1. The van der Waals surface area contributed by atoms with Crippen LogP contribution >= 0.6 is 0 Å². The Kier molecular flexibility index (Phi) is 3.97. The van der Waals surface area contributed by atoms with Gasteiger partial charge < -0.3 is 5.32 Å². The van der Waals surface area contributed by atoms with Crippen LogP contribution in [-0.4, -0.2) is 21.3 Å². The molecule has 0 saturated heterocycles. The zero-order chi connectivity index (χ0) is 14.7. The second kappa shape index (κ2) is 6.06.